The minimum Gasteiger partial charge on any atom is -0.378 e. The van der Waals surface area contributed by atoms with E-state index in [4.69, 9.17) is 4.74 Å². The number of hydrogen-bond acceptors (Lipinski definition) is 5. The van der Waals surface area contributed by atoms with E-state index >= 15 is 0 Å². The number of carbonyl (C=O) groups excluding carboxylic acids is 1. The van der Waals surface area contributed by atoms with E-state index in [1.54, 1.807) is 24.3 Å². The summed E-state index contributed by atoms with van der Waals surface area (Å²) in [7, 11) is 0. The second kappa shape index (κ2) is 9.64. The molecule has 2 N–H and O–H groups in total. The summed E-state index contributed by atoms with van der Waals surface area (Å²) < 4.78 is 57.6. The average Bonchev–Trinajstić information content (AvgIpc) is 2.80. The highest BCUT2D eigenvalue weighted by molar-refractivity contribution is 6.00. The van der Waals surface area contributed by atoms with Gasteiger partial charge in [-0.25, -0.2) is 14.8 Å². The number of carbonyl (C=O) groups is 1. The Kier molecular flexibility index (Phi) is 6.64. The molecule has 1 aliphatic rings. The lowest BCUT2D eigenvalue weighted by molar-refractivity contribution is -0.141. The first kappa shape index (κ1) is 23.4. The summed E-state index contributed by atoms with van der Waals surface area (Å²) in [5.74, 6) is -0.118. The number of halogens is 4. The topological polar surface area (TPSA) is 79.4 Å². The van der Waals surface area contributed by atoms with E-state index in [-0.39, 0.29) is 5.69 Å². The molecule has 0 radical (unpaired) electrons. The Morgan fingerprint density at radius 1 is 1.03 bits per heavy atom. The maximum atomic E-state index is 14.3. The number of benzene rings is 1. The number of aromatic nitrogens is 2. The van der Waals surface area contributed by atoms with Crippen molar-refractivity contribution >= 4 is 23.2 Å². The summed E-state index contributed by atoms with van der Waals surface area (Å²) >= 11 is 0. The molecule has 2 aromatic heterocycles. The summed E-state index contributed by atoms with van der Waals surface area (Å²) in [5, 5.41) is 5.06. The number of morpholine rings is 1. The molecule has 11 heteroatoms. The van der Waals surface area contributed by atoms with Crippen LogP contribution in [0.3, 0.4) is 0 Å². The van der Waals surface area contributed by atoms with Gasteiger partial charge in [0.05, 0.1) is 25.1 Å². The van der Waals surface area contributed by atoms with Crippen LogP contribution in [-0.2, 0) is 10.9 Å². The highest BCUT2D eigenvalue weighted by atomic mass is 19.4. The number of ether oxygens (including phenoxy) is 1. The minimum atomic E-state index is -4.56. The van der Waals surface area contributed by atoms with Crippen LogP contribution < -0.4 is 15.5 Å². The van der Waals surface area contributed by atoms with Crippen LogP contribution in [0.25, 0.3) is 11.1 Å². The summed E-state index contributed by atoms with van der Waals surface area (Å²) in [6, 6.07) is 9.48. The van der Waals surface area contributed by atoms with Crippen molar-refractivity contribution in [3.05, 3.63) is 65.9 Å². The lowest BCUT2D eigenvalue weighted by Crippen LogP contribution is -2.36. The van der Waals surface area contributed by atoms with Crippen molar-refractivity contribution in [1.29, 1.82) is 0 Å². The van der Waals surface area contributed by atoms with Crippen LogP contribution in [0.1, 0.15) is 11.3 Å². The lowest BCUT2D eigenvalue weighted by Gasteiger charge is -2.28. The Labute approximate surface area is 192 Å². The van der Waals surface area contributed by atoms with Crippen LogP contribution >= 0.6 is 0 Å². The van der Waals surface area contributed by atoms with Crippen molar-refractivity contribution in [3.63, 3.8) is 0 Å². The largest absolute Gasteiger partial charge is 0.433 e. The summed E-state index contributed by atoms with van der Waals surface area (Å²) in [6.07, 6.45) is -3.64. The molecule has 1 fully saturated rings. The van der Waals surface area contributed by atoms with E-state index in [1.807, 2.05) is 11.8 Å². The van der Waals surface area contributed by atoms with Gasteiger partial charge in [-0.2, -0.15) is 17.6 Å². The fourth-order valence-electron chi connectivity index (χ4n) is 3.53. The number of nitrogens with one attached hydrogen (secondary N) is 2. The molecule has 2 amide bonds. The first-order chi connectivity index (χ1) is 16.2. The molecule has 3 aromatic rings. The van der Waals surface area contributed by atoms with Gasteiger partial charge in [0.2, 0.25) is 5.95 Å². The fourth-order valence-corrected chi connectivity index (χ4v) is 3.53. The molecule has 0 saturated carbocycles. The molecule has 34 heavy (non-hydrogen) atoms. The van der Waals surface area contributed by atoms with Crippen LogP contribution in [0.2, 0.25) is 0 Å². The monoisotopic (exact) mass is 475 g/mol. The van der Waals surface area contributed by atoms with Crippen molar-refractivity contribution in [2.45, 2.75) is 13.1 Å². The molecule has 0 spiro atoms. The van der Waals surface area contributed by atoms with Gasteiger partial charge in [-0.15, -0.1) is 0 Å². The molecule has 1 aliphatic heterocycles. The number of nitrogens with zero attached hydrogens (tertiary/aromatic N) is 3. The maximum Gasteiger partial charge on any atom is 0.433 e. The molecule has 1 aromatic carbocycles. The van der Waals surface area contributed by atoms with E-state index in [2.05, 4.69) is 20.6 Å². The number of alkyl halides is 3. The summed E-state index contributed by atoms with van der Waals surface area (Å²) in [6.45, 7) is 4.15. The smallest absolute Gasteiger partial charge is 0.378 e. The Bertz CT molecular complexity index is 1180. The molecule has 0 bridgehead atoms. The predicted molar refractivity (Wildman–Crippen MR) is 119 cm³/mol. The van der Waals surface area contributed by atoms with Gasteiger partial charge in [0, 0.05) is 24.8 Å². The lowest BCUT2D eigenvalue weighted by atomic mass is 10.0. The molecule has 0 atom stereocenters. The zero-order valence-electron chi connectivity index (χ0n) is 18.1. The number of amides is 2. The Balaban J connectivity index is 1.51. The van der Waals surface area contributed by atoms with Gasteiger partial charge in [0.15, 0.2) is 0 Å². The van der Waals surface area contributed by atoms with E-state index < -0.39 is 23.8 Å². The molecule has 0 aliphatic carbocycles. The van der Waals surface area contributed by atoms with Crippen molar-refractivity contribution in [2.24, 2.45) is 0 Å². The van der Waals surface area contributed by atoms with Gasteiger partial charge in [-0.3, -0.25) is 0 Å². The third-order valence-electron chi connectivity index (χ3n) is 5.23. The van der Waals surface area contributed by atoms with Crippen LogP contribution in [0, 0.1) is 12.9 Å². The number of hydrogen-bond donors (Lipinski definition) is 2. The van der Waals surface area contributed by atoms with E-state index in [0.717, 1.165) is 23.9 Å². The molecular weight excluding hydrogens is 454 g/mol. The second-order valence-corrected chi connectivity index (χ2v) is 7.67. The van der Waals surface area contributed by atoms with Gasteiger partial charge < -0.3 is 20.3 Å². The van der Waals surface area contributed by atoms with Crippen LogP contribution in [0.4, 0.5) is 39.5 Å². The van der Waals surface area contributed by atoms with Crippen molar-refractivity contribution < 1.29 is 27.1 Å². The molecule has 0 unspecified atom stereocenters. The summed E-state index contributed by atoms with van der Waals surface area (Å²) in [4.78, 5) is 21.6. The normalized spacial score (nSPS) is 14.1. The zero-order chi connectivity index (χ0) is 24.3. The molecule has 4 rings (SSSR count). The van der Waals surface area contributed by atoms with Gasteiger partial charge in [0.1, 0.15) is 11.5 Å². The van der Waals surface area contributed by atoms with Crippen molar-refractivity contribution in [2.75, 3.05) is 41.8 Å². The minimum absolute atomic E-state index is 0.101. The summed E-state index contributed by atoms with van der Waals surface area (Å²) in [5.41, 5.74) is 1.62. The fraction of sp³-hybridized carbons (Fsp3) is 0.261. The first-order valence-corrected chi connectivity index (χ1v) is 10.4. The van der Waals surface area contributed by atoms with Gasteiger partial charge in [-0.05, 0) is 53.9 Å². The van der Waals surface area contributed by atoms with Crippen LogP contribution in [0.5, 0.6) is 0 Å². The van der Waals surface area contributed by atoms with Crippen molar-refractivity contribution in [3.8, 4) is 11.1 Å². The average molecular weight is 475 g/mol. The first-order valence-electron chi connectivity index (χ1n) is 10.4. The number of pyridine rings is 2. The third kappa shape index (κ3) is 5.60. The predicted octanol–water partition coefficient (Wildman–Crippen LogP) is 5.09. The van der Waals surface area contributed by atoms with Gasteiger partial charge in [0.25, 0.3) is 0 Å². The molecular formula is C23H21F4N5O2. The number of urea groups is 1. The van der Waals surface area contributed by atoms with E-state index in [1.165, 1.54) is 6.07 Å². The number of aryl methyl sites for hydroxylation is 1. The SMILES string of the molecule is Cc1ccc(NC(=O)Nc2ccc(C(F)(F)F)nc2)cc1-c1cc(F)nc(N2CCOCC2)c1. The Morgan fingerprint density at radius 3 is 2.41 bits per heavy atom. The van der Waals surface area contributed by atoms with Crippen molar-refractivity contribution in [1.82, 2.24) is 9.97 Å². The number of anilines is 3. The molecule has 3 heterocycles. The standard InChI is InChI=1S/C23H21F4N5O2/c1-14-2-3-16(29-22(33)30-17-4-5-19(28-13-17)23(25,26)27)12-18(14)15-10-20(24)31-21(11-15)32-6-8-34-9-7-32/h2-5,10-13H,6-9H2,1H3,(H2,29,30,33). The molecule has 178 valence electrons. The van der Waals surface area contributed by atoms with Crippen LogP contribution in [-0.4, -0.2) is 42.3 Å². The molecule has 1 saturated heterocycles. The highest BCUT2D eigenvalue weighted by Gasteiger charge is 2.32. The van der Waals surface area contributed by atoms with E-state index in [0.29, 0.717) is 48.9 Å². The maximum absolute atomic E-state index is 14.3. The third-order valence-corrected chi connectivity index (χ3v) is 5.23. The Morgan fingerprint density at radius 2 is 1.74 bits per heavy atom. The van der Waals surface area contributed by atoms with Gasteiger partial charge >= 0.3 is 12.2 Å². The van der Waals surface area contributed by atoms with Crippen LogP contribution in [0.15, 0.2) is 48.7 Å². The quantitative estimate of drug-likeness (QED) is 0.406. The number of rotatable bonds is 4. The second-order valence-electron chi connectivity index (χ2n) is 7.67. The van der Waals surface area contributed by atoms with Gasteiger partial charge in [-0.1, -0.05) is 6.07 Å². The highest BCUT2D eigenvalue weighted by Crippen LogP contribution is 2.30. The molecule has 7 nitrogen and oxygen atoms in total. The Hall–Kier alpha value is -3.73. The zero-order valence-corrected chi connectivity index (χ0v) is 18.1. The van der Waals surface area contributed by atoms with E-state index in [9.17, 15) is 22.4 Å².